The summed E-state index contributed by atoms with van der Waals surface area (Å²) in [6.07, 6.45) is 0.784. The molecule has 0 aliphatic rings. The van der Waals surface area contributed by atoms with Crippen molar-refractivity contribution in [2.24, 2.45) is 5.73 Å². The fourth-order valence-electron chi connectivity index (χ4n) is 1.05. The van der Waals surface area contributed by atoms with Gasteiger partial charge in [-0.15, -0.1) is 0 Å². The van der Waals surface area contributed by atoms with Gasteiger partial charge in [-0.05, 0) is 31.9 Å². The lowest BCUT2D eigenvalue weighted by Gasteiger charge is -2.06. The lowest BCUT2D eigenvalue weighted by molar-refractivity contribution is 0.735. The predicted octanol–water partition coefficient (Wildman–Crippen LogP) is 1.93. The lowest BCUT2D eigenvalue weighted by atomic mass is 10.1. The fourth-order valence-corrected chi connectivity index (χ4v) is 1.33. The van der Waals surface area contributed by atoms with Crippen LogP contribution in [0.1, 0.15) is 18.2 Å². The van der Waals surface area contributed by atoms with Crippen LogP contribution in [0.4, 0.5) is 0 Å². The molecular weight excluding hydrogens is 172 g/mol. The van der Waals surface area contributed by atoms with Crippen molar-refractivity contribution in [3.05, 3.63) is 28.5 Å². The van der Waals surface area contributed by atoms with E-state index in [2.05, 4.69) is 4.98 Å². The molecule has 0 spiro atoms. The Morgan fingerprint density at radius 2 is 2.25 bits per heavy atom. The molecule has 0 aromatic carbocycles. The zero-order valence-electron chi connectivity index (χ0n) is 7.34. The smallest absolute Gasteiger partial charge is 0.132 e. The van der Waals surface area contributed by atoms with Gasteiger partial charge in [0.2, 0.25) is 0 Å². The molecule has 66 valence electrons. The van der Waals surface area contributed by atoms with Gasteiger partial charge in [0.25, 0.3) is 0 Å². The quantitative estimate of drug-likeness (QED) is 0.714. The van der Waals surface area contributed by atoms with Crippen LogP contribution in [0, 0.1) is 6.92 Å². The van der Waals surface area contributed by atoms with Gasteiger partial charge in [0, 0.05) is 11.7 Å². The summed E-state index contributed by atoms with van der Waals surface area (Å²) in [7, 11) is 0. The Morgan fingerprint density at radius 3 is 2.75 bits per heavy atom. The Hall–Kier alpha value is -0.600. The summed E-state index contributed by atoms with van der Waals surface area (Å²) in [5, 5.41) is 0.576. The monoisotopic (exact) mass is 184 g/mol. The number of nitrogens with two attached hydrogens (primary N) is 1. The molecule has 1 heterocycles. The summed E-state index contributed by atoms with van der Waals surface area (Å²) < 4.78 is 0. The maximum Gasteiger partial charge on any atom is 0.132 e. The number of halogens is 1. The first kappa shape index (κ1) is 9.49. The first-order valence-electron chi connectivity index (χ1n) is 3.97. The van der Waals surface area contributed by atoms with Gasteiger partial charge < -0.3 is 5.73 Å². The summed E-state index contributed by atoms with van der Waals surface area (Å²) in [6.45, 7) is 3.87. The highest BCUT2D eigenvalue weighted by Crippen LogP contribution is 2.14. The second kappa shape index (κ2) is 3.87. The summed E-state index contributed by atoms with van der Waals surface area (Å²) in [5.74, 6) is 0. The second-order valence-electron chi connectivity index (χ2n) is 3.08. The van der Waals surface area contributed by atoms with Crippen LogP contribution in [-0.4, -0.2) is 11.0 Å². The lowest BCUT2D eigenvalue weighted by Crippen LogP contribution is -2.18. The number of rotatable bonds is 2. The van der Waals surface area contributed by atoms with E-state index in [4.69, 9.17) is 17.3 Å². The molecule has 3 heteroatoms. The van der Waals surface area contributed by atoms with Crippen molar-refractivity contribution in [1.82, 2.24) is 4.98 Å². The minimum absolute atomic E-state index is 0.131. The highest BCUT2D eigenvalue weighted by Gasteiger charge is 2.03. The van der Waals surface area contributed by atoms with Gasteiger partial charge >= 0.3 is 0 Å². The summed E-state index contributed by atoms with van der Waals surface area (Å²) in [6, 6.07) is 4.06. The summed E-state index contributed by atoms with van der Waals surface area (Å²) in [4.78, 5) is 4.14. The van der Waals surface area contributed by atoms with E-state index >= 15 is 0 Å². The van der Waals surface area contributed by atoms with E-state index < -0.39 is 0 Å². The predicted molar refractivity (Wildman–Crippen MR) is 51.3 cm³/mol. The highest BCUT2D eigenvalue weighted by atomic mass is 35.5. The standard InChI is InChI=1S/C9H13ClN2/c1-6(11)5-8-4-3-7(2)12-9(8)10/h3-4,6H,5,11H2,1-2H3/t6-/m0/s1. The van der Waals surface area contributed by atoms with Crippen LogP contribution in [0.2, 0.25) is 5.15 Å². The van der Waals surface area contributed by atoms with E-state index in [0.29, 0.717) is 5.15 Å². The van der Waals surface area contributed by atoms with Gasteiger partial charge in [-0.3, -0.25) is 0 Å². The van der Waals surface area contributed by atoms with E-state index in [1.54, 1.807) is 0 Å². The van der Waals surface area contributed by atoms with Crippen LogP contribution >= 0.6 is 11.6 Å². The van der Waals surface area contributed by atoms with Gasteiger partial charge in [0.05, 0.1) is 0 Å². The molecule has 0 fully saturated rings. The summed E-state index contributed by atoms with van der Waals surface area (Å²) in [5.41, 5.74) is 7.61. The molecule has 0 bridgehead atoms. The van der Waals surface area contributed by atoms with Crippen LogP contribution < -0.4 is 5.73 Å². The van der Waals surface area contributed by atoms with Crippen LogP contribution in [-0.2, 0) is 6.42 Å². The number of hydrogen-bond donors (Lipinski definition) is 1. The van der Waals surface area contributed by atoms with Gasteiger partial charge in [-0.25, -0.2) is 4.98 Å². The van der Waals surface area contributed by atoms with Crippen LogP contribution in [0.25, 0.3) is 0 Å². The molecular formula is C9H13ClN2. The molecule has 0 saturated carbocycles. The largest absolute Gasteiger partial charge is 0.328 e. The number of aryl methyl sites for hydroxylation is 1. The molecule has 1 aromatic rings. The van der Waals surface area contributed by atoms with Crippen molar-refractivity contribution in [1.29, 1.82) is 0 Å². The van der Waals surface area contributed by atoms with Gasteiger partial charge in [0.1, 0.15) is 5.15 Å². The van der Waals surface area contributed by atoms with Crippen molar-refractivity contribution >= 4 is 11.6 Å². The topological polar surface area (TPSA) is 38.9 Å². The second-order valence-corrected chi connectivity index (χ2v) is 3.44. The zero-order chi connectivity index (χ0) is 9.14. The minimum Gasteiger partial charge on any atom is -0.328 e. The summed E-state index contributed by atoms with van der Waals surface area (Å²) >= 11 is 5.91. The molecule has 1 atom stereocenters. The normalized spacial score (nSPS) is 13.0. The van der Waals surface area contributed by atoms with Gasteiger partial charge in [-0.2, -0.15) is 0 Å². The molecule has 1 aromatic heterocycles. The number of aromatic nitrogens is 1. The molecule has 0 amide bonds. The first-order valence-corrected chi connectivity index (χ1v) is 4.35. The van der Waals surface area contributed by atoms with E-state index in [9.17, 15) is 0 Å². The van der Waals surface area contributed by atoms with Crippen molar-refractivity contribution in [3.8, 4) is 0 Å². The maximum atomic E-state index is 5.91. The van der Waals surface area contributed by atoms with Gasteiger partial charge in [0.15, 0.2) is 0 Å². The minimum atomic E-state index is 0.131. The van der Waals surface area contributed by atoms with Crippen molar-refractivity contribution in [2.75, 3.05) is 0 Å². The fraction of sp³-hybridized carbons (Fsp3) is 0.444. The Morgan fingerprint density at radius 1 is 1.58 bits per heavy atom. The third kappa shape index (κ3) is 2.47. The van der Waals surface area contributed by atoms with Crippen molar-refractivity contribution in [3.63, 3.8) is 0 Å². The molecule has 0 aliphatic carbocycles. The number of nitrogens with zero attached hydrogens (tertiary/aromatic N) is 1. The molecule has 12 heavy (non-hydrogen) atoms. The average molecular weight is 185 g/mol. The molecule has 0 radical (unpaired) electrons. The molecule has 0 saturated heterocycles. The van der Waals surface area contributed by atoms with Crippen LogP contribution in [0.3, 0.4) is 0 Å². The third-order valence-electron chi connectivity index (χ3n) is 1.61. The SMILES string of the molecule is Cc1ccc(C[C@H](C)N)c(Cl)n1. The van der Waals surface area contributed by atoms with Crippen molar-refractivity contribution in [2.45, 2.75) is 26.3 Å². The molecule has 2 N–H and O–H groups in total. The van der Waals surface area contributed by atoms with Crippen molar-refractivity contribution < 1.29 is 0 Å². The Bertz CT molecular complexity index is 271. The number of pyridine rings is 1. The Balaban J connectivity index is 2.86. The average Bonchev–Trinajstić information content (AvgIpc) is 1.94. The van der Waals surface area contributed by atoms with E-state index in [1.807, 2.05) is 26.0 Å². The highest BCUT2D eigenvalue weighted by molar-refractivity contribution is 6.30. The van der Waals surface area contributed by atoms with Gasteiger partial charge in [-0.1, -0.05) is 17.7 Å². The maximum absolute atomic E-state index is 5.91. The molecule has 1 rings (SSSR count). The third-order valence-corrected chi connectivity index (χ3v) is 1.93. The Kier molecular flexibility index (Phi) is 3.06. The Labute approximate surface area is 77.8 Å². The van der Waals surface area contributed by atoms with Crippen LogP contribution in [0.5, 0.6) is 0 Å². The van der Waals surface area contributed by atoms with E-state index in [1.165, 1.54) is 0 Å². The molecule has 0 unspecified atom stereocenters. The van der Waals surface area contributed by atoms with E-state index in [-0.39, 0.29) is 6.04 Å². The number of hydrogen-bond acceptors (Lipinski definition) is 2. The molecule has 2 nitrogen and oxygen atoms in total. The zero-order valence-corrected chi connectivity index (χ0v) is 8.10. The molecule has 0 aliphatic heterocycles. The van der Waals surface area contributed by atoms with Crippen LogP contribution in [0.15, 0.2) is 12.1 Å². The van der Waals surface area contributed by atoms with E-state index in [0.717, 1.165) is 17.7 Å². The first-order chi connectivity index (χ1) is 5.59.